The maximum atomic E-state index is 12.8. The fourth-order valence-electron chi connectivity index (χ4n) is 3.35. The van der Waals surface area contributed by atoms with Gasteiger partial charge in [-0.2, -0.15) is 4.37 Å². The zero-order chi connectivity index (χ0) is 19.0. The summed E-state index contributed by atoms with van der Waals surface area (Å²) < 4.78 is 4.24. The molecular formula is C20H21N5OS. The standard InChI is InChI=1S/C20H21N5OS/c1-12-6-7-14(20-23-13(2)24-27-20)10-17(12)22-11-19(26)25-9-8-15-16(21)4-3-5-18(15)25/h3-7,10,22H,8-9,11,21H2,1-2H3. The van der Waals surface area contributed by atoms with E-state index in [9.17, 15) is 4.79 Å². The molecule has 1 aliphatic rings. The molecule has 1 amide bonds. The van der Waals surface area contributed by atoms with Gasteiger partial charge in [0, 0.05) is 34.7 Å². The summed E-state index contributed by atoms with van der Waals surface area (Å²) in [7, 11) is 0. The second kappa shape index (κ2) is 7.00. The van der Waals surface area contributed by atoms with E-state index < -0.39 is 0 Å². The molecule has 2 aromatic carbocycles. The van der Waals surface area contributed by atoms with E-state index >= 15 is 0 Å². The van der Waals surface area contributed by atoms with Crippen molar-refractivity contribution in [2.75, 3.05) is 29.0 Å². The van der Waals surface area contributed by atoms with Crippen LogP contribution in [0, 0.1) is 13.8 Å². The Labute approximate surface area is 162 Å². The molecule has 0 bridgehead atoms. The minimum absolute atomic E-state index is 0.0379. The van der Waals surface area contributed by atoms with Crippen molar-refractivity contribution in [3.05, 3.63) is 53.3 Å². The Hall–Kier alpha value is -2.93. The highest BCUT2D eigenvalue weighted by molar-refractivity contribution is 7.09. The Bertz CT molecular complexity index is 1010. The quantitative estimate of drug-likeness (QED) is 0.679. The van der Waals surface area contributed by atoms with E-state index in [1.807, 2.05) is 55.1 Å². The summed E-state index contributed by atoms with van der Waals surface area (Å²) >= 11 is 1.38. The molecule has 4 rings (SSSR count). The van der Waals surface area contributed by atoms with Crippen molar-refractivity contribution in [1.82, 2.24) is 9.36 Å². The van der Waals surface area contributed by atoms with Crippen LogP contribution in [0.4, 0.5) is 17.1 Å². The van der Waals surface area contributed by atoms with Crippen LogP contribution >= 0.6 is 11.5 Å². The van der Waals surface area contributed by atoms with Gasteiger partial charge in [-0.15, -0.1) is 0 Å². The average Bonchev–Trinajstić information content (AvgIpc) is 3.28. The lowest BCUT2D eigenvalue weighted by Gasteiger charge is -2.19. The molecule has 3 aromatic rings. The van der Waals surface area contributed by atoms with Gasteiger partial charge in [0.25, 0.3) is 0 Å². The summed E-state index contributed by atoms with van der Waals surface area (Å²) in [6, 6.07) is 11.8. The molecule has 0 radical (unpaired) electrons. The van der Waals surface area contributed by atoms with Gasteiger partial charge in [0.15, 0.2) is 0 Å². The fourth-order valence-corrected chi connectivity index (χ4v) is 4.01. The average molecular weight is 379 g/mol. The van der Waals surface area contributed by atoms with Gasteiger partial charge in [-0.25, -0.2) is 4.98 Å². The molecule has 7 heteroatoms. The first-order valence-corrected chi connectivity index (χ1v) is 9.63. The molecule has 0 saturated heterocycles. The Kier molecular flexibility index (Phi) is 4.53. The second-order valence-corrected chi connectivity index (χ2v) is 7.42. The van der Waals surface area contributed by atoms with Crippen LogP contribution in [0.2, 0.25) is 0 Å². The monoisotopic (exact) mass is 379 g/mol. The van der Waals surface area contributed by atoms with Gasteiger partial charge in [0.2, 0.25) is 5.91 Å². The molecule has 6 nitrogen and oxygen atoms in total. The number of carbonyl (C=O) groups excluding carboxylic acids is 1. The highest BCUT2D eigenvalue weighted by Crippen LogP contribution is 2.32. The number of rotatable bonds is 4. The number of amides is 1. The van der Waals surface area contributed by atoms with E-state index in [1.54, 1.807) is 0 Å². The maximum Gasteiger partial charge on any atom is 0.246 e. The lowest BCUT2D eigenvalue weighted by Crippen LogP contribution is -2.34. The summed E-state index contributed by atoms with van der Waals surface area (Å²) in [5.41, 5.74) is 11.8. The van der Waals surface area contributed by atoms with E-state index in [2.05, 4.69) is 14.7 Å². The van der Waals surface area contributed by atoms with Crippen LogP contribution < -0.4 is 16.0 Å². The second-order valence-electron chi connectivity index (χ2n) is 6.67. The molecule has 0 atom stereocenters. The number of fused-ring (bicyclic) bond motifs is 1. The SMILES string of the molecule is Cc1nsc(-c2ccc(C)c(NCC(=O)N3CCc4c(N)cccc43)c2)n1. The maximum absolute atomic E-state index is 12.8. The normalized spacial score (nSPS) is 12.9. The van der Waals surface area contributed by atoms with Crippen LogP contribution in [0.3, 0.4) is 0 Å². The molecule has 0 fully saturated rings. The first kappa shape index (κ1) is 17.5. The van der Waals surface area contributed by atoms with Gasteiger partial charge in [0.1, 0.15) is 10.8 Å². The van der Waals surface area contributed by atoms with Crippen LogP contribution in [0.15, 0.2) is 36.4 Å². The molecule has 1 aliphatic heterocycles. The molecule has 2 heterocycles. The summed E-state index contributed by atoms with van der Waals surface area (Å²) in [6.45, 7) is 4.81. The number of hydrogen-bond acceptors (Lipinski definition) is 6. The van der Waals surface area contributed by atoms with Gasteiger partial charge in [-0.3, -0.25) is 4.79 Å². The van der Waals surface area contributed by atoms with Crippen LogP contribution in [-0.2, 0) is 11.2 Å². The van der Waals surface area contributed by atoms with Crippen LogP contribution in [0.1, 0.15) is 17.0 Å². The molecule has 1 aromatic heterocycles. The predicted octanol–water partition coefficient (Wildman–Crippen LogP) is 3.41. The molecule has 3 N–H and O–H groups in total. The van der Waals surface area contributed by atoms with Gasteiger partial charge < -0.3 is 16.0 Å². The number of nitrogens with zero attached hydrogens (tertiary/aromatic N) is 3. The largest absolute Gasteiger partial charge is 0.398 e. The highest BCUT2D eigenvalue weighted by Gasteiger charge is 2.25. The molecule has 0 spiro atoms. The van der Waals surface area contributed by atoms with Crippen molar-refractivity contribution >= 4 is 34.5 Å². The fraction of sp³-hybridized carbons (Fsp3) is 0.250. The Morgan fingerprint density at radius 3 is 2.93 bits per heavy atom. The Morgan fingerprint density at radius 2 is 2.15 bits per heavy atom. The predicted molar refractivity (Wildman–Crippen MR) is 110 cm³/mol. The number of nitrogens with one attached hydrogen (secondary N) is 1. The number of nitrogen functional groups attached to an aromatic ring is 1. The minimum atomic E-state index is 0.0379. The smallest absolute Gasteiger partial charge is 0.246 e. The number of aryl methyl sites for hydroxylation is 2. The zero-order valence-electron chi connectivity index (χ0n) is 15.3. The minimum Gasteiger partial charge on any atom is -0.398 e. The number of nitrogens with two attached hydrogens (primary N) is 1. The van der Waals surface area contributed by atoms with Gasteiger partial charge >= 0.3 is 0 Å². The third kappa shape index (κ3) is 3.38. The summed E-state index contributed by atoms with van der Waals surface area (Å²) in [5, 5.41) is 4.17. The first-order valence-electron chi connectivity index (χ1n) is 8.86. The van der Waals surface area contributed by atoms with E-state index in [0.717, 1.165) is 51.0 Å². The Morgan fingerprint density at radius 1 is 1.30 bits per heavy atom. The topological polar surface area (TPSA) is 84.1 Å². The van der Waals surface area contributed by atoms with Crippen molar-refractivity contribution in [2.24, 2.45) is 0 Å². The number of anilines is 3. The van der Waals surface area contributed by atoms with Gasteiger partial charge in [-0.05, 0) is 55.6 Å². The summed E-state index contributed by atoms with van der Waals surface area (Å²) in [6.07, 6.45) is 0.804. The Balaban J connectivity index is 1.49. The number of aromatic nitrogens is 2. The van der Waals surface area contributed by atoms with E-state index in [0.29, 0.717) is 6.54 Å². The van der Waals surface area contributed by atoms with Crippen molar-refractivity contribution in [1.29, 1.82) is 0 Å². The van der Waals surface area contributed by atoms with Crippen LogP contribution in [0.25, 0.3) is 10.6 Å². The van der Waals surface area contributed by atoms with E-state index in [1.165, 1.54) is 11.5 Å². The third-order valence-corrected chi connectivity index (χ3v) is 5.66. The number of carbonyl (C=O) groups is 1. The molecule has 0 saturated carbocycles. The third-order valence-electron chi connectivity index (χ3n) is 4.81. The van der Waals surface area contributed by atoms with E-state index in [-0.39, 0.29) is 12.5 Å². The zero-order valence-corrected chi connectivity index (χ0v) is 16.1. The number of hydrogen-bond donors (Lipinski definition) is 2. The number of benzene rings is 2. The van der Waals surface area contributed by atoms with Crippen molar-refractivity contribution < 1.29 is 4.79 Å². The molecule has 27 heavy (non-hydrogen) atoms. The van der Waals surface area contributed by atoms with Crippen molar-refractivity contribution in [3.63, 3.8) is 0 Å². The van der Waals surface area contributed by atoms with E-state index in [4.69, 9.17) is 5.73 Å². The summed E-state index contributed by atoms with van der Waals surface area (Å²) in [4.78, 5) is 19.0. The lowest BCUT2D eigenvalue weighted by atomic mass is 10.1. The van der Waals surface area contributed by atoms with Gasteiger partial charge in [0.05, 0.1) is 6.54 Å². The van der Waals surface area contributed by atoms with Gasteiger partial charge in [-0.1, -0.05) is 18.2 Å². The lowest BCUT2D eigenvalue weighted by molar-refractivity contribution is -0.116. The molecule has 138 valence electrons. The van der Waals surface area contributed by atoms with Crippen molar-refractivity contribution in [2.45, 2.75) is 20.3 Å². The van der Waals surface area contributed by atoms with Crippen molar-refractivity contribution in [3.8, 4) is 10.6 Å². The van der Waals surface area contributed by atoms with Crippen LogP contribution in [-0.4, -0.2) is 28.4 Å². The molecular weight excluding hydrogens is 358 g/mol. The highest BCUT2D eigenvalue weighted by atomic mass is 32.1. The molecule has 0 unspecified atom stereocenters. The molecule has 0 aliphatic carbocycles. The van der Waals surface area contributed by atoms with Crippen LogP contribution in [0.5, 0.6) is 0 Å². The summed E-state index contributed by atoms with van der Waals surface area (Å²) in [5.74, 6) is 0.808. The first-order chi connectivity index (χ1) is 13.0.